The van der Waals surface area contributed by atoms with Crippen molar-refractivity contribution in [1.29, 1.82) is 0 Å². The van der Waals surface area contributed by atoms with Crippen molar-refractivity contribution in [3.05, 3.63) is 54.1 Å². The highest BCUT2D eigenvalue weighted by Gasteiger charge is 2.17. The number of hydrogen-bond donors (Lipinski definition) is 1. The highest BCUT2D eigenvalue weighted by atomic mass is 32.2. The van der Waals surface area contributed by atoms with E-state index in [9.17, 15) is 13.2 Å². The van der Waals surface area contributed by atoms with Gasteiger partial charge in [0.15, 0.2) is 0 Å². The van der Waals surface area contributed by atoms with Gasteiger partial charge in [-0.2, -0.15) is 8.42 Å². The molecule has 0 aliphatic heterocycles. The van der Waals surface area contributed by atoms with Crippen molar-refractivity contribution in [2.24, 2.45) is 0 Å². The lowest BCUT2D eigenvalue weighted by Gasteiger charge is -2.07. The topological polar surface area (TPSA) is 89.9 Å². The maximum absolute atomic E-state index is 12.0. The molecule has 0 spiro atoms. The number of carbonyl (C=O) groups is 1. The van der Waals surface area contributed by atoms with Crippen LogP contribution in [-0.4, -0.2) is 26.6 Å². The molecule has 0 aliphatic rings. The Kier molecular flexibility index (Phi) is 4.13. The van der Waals surface area contributed by atoms with Crippen molar-refractivity contribution >= 4 is 16.1 Å². The number of phenols is 1. The van der Waals surface area contributed by atoms with Crippen LogP contribution in [-0.2, 0) is 14.9 Å². The third-order valence-corrected chi connectivity index (χ3v) is 3.87. The van der Waals surface area contributed by atoms with E-state index in [0.717, 1.165) is 0 Å². The lowest BCUT2D eigenvalue weighted by atomic mass is 10.2. The van der Waals surface area contributed by atoms with E-state index >= 15 is 0 Å². The Hall–Kier alpha value is -2.54. The highest BCUT2D eigenvalue weighted by molar-refractivity contribution is 7.87. The van der Waals surface area contributed by atoms with Crippen LogP contribution < -0.4 is 4.18 Å². The second-order valence-corrected chi connectivity index (χ2v) is 5.59. The van der Waals surface area contributed by atoms with Gasteiger partial charge in [-0.1, -0.05) is 0 Å². The summed E-state index contributed by atoms with van der Waals surface area (Å²) in [6.07, 6.45) is 0. The Morgan fingerprint density at radius 3 is 2.10 bits per heavy atom. The molecule has 21 heavy (non-hydrogen) atoms. The first kappa shape index (κ1) is 14.9. The van der Waals surface area contributed by atoms with Crippen LogP contribution in [0.5, 0.6) is 11.5 Å². The van der Waals surface area contributed by atoms with E-state index in [1.807, 2.05) is 0 Å². The minimum atomic E-state index is -4.00. The van der Waals surface area contributed by atoms with E-state index in [4.69, 9.17) is 9.29 Å². The first-order chi connectivity index (χ1) is 9.92. The number of phenolic OH excluding ortho intramolecular Hbond substituents is 1. The molecule has 0 atom stereocenters. The maximum Gasteiger partial charge on any atom is 0.339 e. The van der Waals surface area contributed by atoms with Gasteiger partial charge < -0.3 is 14.0 Å². The number of rotatable bonds is 4. The number of methoxy groups -OCH3 is 1. The van der Waals surface area contributed by atoms with Crippen LogP contribution in [0.25, 0.3) is 0 Å². The van der Waals surface area contributed by atoms with Gasteiger partial charge in [0.1, 0.15) is 16.4 Å². The van der Waals surface area contributed by atoms with Crippen LogP contribution in [0.2, 0.25) is 0 Å². The second kappa shape index (κ2) is 5.84. The molecule has 0 heterocycles. The highest BCUT2D eigenvalue weighted by Crippen LogP contribution is 2.21. The predicted octanol–water partition coefficient (Wildman–Crippen LogP) is 1.95. The van der Waals surface area contributed by atoms with Crippen molar-refractivity contribution in [3.8, 4) is 11.5 Å². The average molecular weight is 308 g/mol. The van der Waals surface area contributed by atoms with Gasteiger partial charge in [0, 0.05) is 0 Å². The van der Waals surface area contributed by atoms with E-state index in [1.165, 1.54) is 55.6 Å². The molecule has 110 valence electrons. The van der Waals surface area contributed by atoms with Gasteiger partial charge in [-0.3, -0.25) is 0 Å². The minimum Gasteiger partial charge on any atom is -0.508 e. The van der Waals surface area contributed by atoms with Crippen LogP contribution in [0.3, 0.4) is 0 Å². The normalized spacial score (nSPS) is 10.9. The Morgan fingerprint density at radius 1 is 1.00 bits per heavy atom. The summed E-state index contributed by atoms with van der Waals surface area (Å²) in [5, 5.41) is 9.14. The summed E-state index contributed by atoms with van der Waals surface area (Å²) >= 11 is 0. The first-order valence-electron chi connectivity index (χ1n) is 5.84. The maximum atomic E-state index is 12.0. The lowest BCUT2D eigenvalue weighted by Crippen LogP contribution is -2.09. The fraction of sp³-hybridized carbons (Fsp3) is 0.0714. The first-order valence-corrected chi connectivity index (χ1v) is 7.25. The summed E-state index contributed by atoms with van der Waals surface area (Å²) in [4.78, 5) is 11.2. The summed E-state index contributed by atoms with van der Waals surface area (Å²) in [5.41, 5.74) is 0.284. The number of ether oxygens (including phenoxy) is 1. The van der Waals surface area contributed by atoms with Crippen LogP contribution >= 0.6 is 0 Å². The van der Waals surface area contributed by atoms with Crippen LogP contribution in [0.4, 0.5) is 0 Å². The third kappa shape index (κ3) is 3.51. The number of aromatic hydroxyl groups is 1. The molecule has 6 nitrogen and oxygen atoms in total. The van der Waals surface area contributed by atoms with Gasteiger partial charge in [0.25, 0.3) is 0 Å². The summed E-state index contributed by atoms with van der Waals surface area (Å²) in [6, 6.07) is 10.4. The fourth-order valence-electron chi connectivity index (χ4n) is 1.55. The molecule has 0 saturated carbocycles. The van der Waals surface area contributed by atoms with Gasteiger partial charge >= 0.3 is 16.1 Å². The average Bonchev–Trinajstić information content (AvgIpc) is 2.47. The Balaban J connectivity index is 2.20. The molecule has 2 aromatic rings. The summed E-state index contributed by atoms with van der Waals surface area (Å²) in [5.74, 6) is -0.505. The summed E-state index contributed by atoms with van der Waals surface area (Å²) in [6.45, 7) is 0. The van der Waals surface area contributed by atoms with E-state index in [0.29, 0.717) is 0 Å². The van der Waals surface area contributed by atoms with Gasteiger partial charge in [-0.15, -0.1) is 0 Å². The molecule has 0 aliphatic carbocycles. The SMILES string of the molecule is COC(=O)c1ccc(OS(=O)(=O)c2ccc(O)cc2)cc1. The molecule has 1 N–H and O–H groups in total. The summed E-state index contributed by atoms with van der Waals surface area (Å²) < 4.78 is 33.5. The second-order valence-electron chi connectivity index (χ2n) is 4.05. The molecular formula is C14H12O6S. The van der Waals surface area contributed by atoms with Gasteiger partial charge in [0.2, 0.25) is 0 Å². The quantitative estimate of drug-likeness (QED) is 0.686. The zero-order valence-electron chi connectivity index (χ0n) is 11.0. The number of carbonyl (C=O) groups excluding carboxylic acids is 1. The van der Waals surface area contributed by atoms with E-state index < -0.39 is 16.1 Å². The van der Waals surface area contributed by atoms with E-state index in [-0.39, 0.29) is 22.0 Å². The van der Waals surface area contributed by atoms with E-state index in [2.05, 4.69) is 4.74 Å². The van der Waals surface area contributed by atoms with Gasteiger partial charge in [0.05, 0.1) is 12.7 Å². The van der Waals surface area contributed by atoms with Crippen LogP contribution in [0.1, 0.15) is 10.4 Å². The zero-order valence-corrected chi connectivity index (χ0v) is 11.8. The number of hydrogen-bond acceptors (Lipinski definition) is 6. The van der Waals surface area contributed by atoms with Crippen molar-refractivity contribution in [2.45, 2.75) is 4.90 Å². The molecule has 0 aromatic heterocycles. The molecular weight excluding hydrogens is 296 g/mol. The smallest absolute Gasteiger partial charge is 0.339 e. The van der Waals surface area contributed by atoms with Gasteiger partial charge in [-0.05, 0) is 48.5 Å². The molecule has 0 amide bonds. The predicted molar refractivity (Wildman–Crippen MR) is 73.7 cm³/mol. The standard InChI is InChI=1S/C14H12O6S/c1-19-14(16)10-2-6-12(7-3-10)20-21(17,18)13-8-4-11(15)5-9-13/h2-9,15H,1H3. The minimum absolute atomic E-state index is 0.0450. The molecule has 0 bridgehead atoms. The van der Waals surface area contributed by atoms with Crippen LogP contribution in [0, 0.1) is 0 Å². The Bertz CT molecular complexity index is 732. The largest absolute Gasteiger partial charge is 0.508 e. The zero-order chi connectivity index (χ0) is 15.5. The van der Waals surface area contributed by atoms with Crippen LogP contribution in [0.15, 0.2) is 53.4 Å². The van der Waals surface area contributed by atoms with Crippen molar-refractivity contribution in [2.75, 3.05) is 7.11 Å². The summed E-state index contributed by atoms with van der Waals surface area (Å²) in [7, 11) is -2.74. The molecule has 0 fully saturated rings. The molecule has 0 radical (unpaired) electrons. The molecule has 0 saturated heterocycles. The molecule has 2 rings (SSSR count). The van der Waals surface area contributed by atoms with Crippen molar-refractivity contribution in [3.63, 3.8) is 0 Å². The number of benzene rings is 2. The Labute approximate surface area is 121 Å². The molecule has 2 aromatic carbocycles. The monoisotopic (exact) mass is 308 g/mol. The Morgan fingerprint density at radius 2 is 1.57 bits per heavy atom. The van der Waals surface area contributed by atoms with Crippen molar-refractivity contribution < 1.29 is 27.2 Å². The lowest BCUT2D eigenvalue weighted by molar-refractivity contribution is 0.0600. The molecule has 0 unspecified atom stereocenters. The van der Waals surface area contributed by atoms with Crippen molar-refractivity contribution in [1.82, 2.24) is 0 Å². The fourth-order valence-corrected chi connectivity index (χ4v) is 2.48. The molecule has 7 heteroatoms. The van der Waals surface area contributed by atoms with Gasteiger partial charge in [-0.25, -0.2) is 4.79 Å². The third-order valence-electron chi connectivity index (χ3n) is 2.61. The number of esters is 1. The van der Waals surface area contributed by atoms with E-state index in [1.54, 1.807) is 0 Å².